The van der Waals surface area contributed by atoms with Gasteiger partial charge in [0.1, 0.15) is 23.7 Å². The summed E-state index contributed by atoms with van der Waals surface area (Å²) in [4.78, 5) is 0. The van der Waals surface area contributed by atoms with Gasteiger partial charge in [-0.15, -0.1) is 0 Å². The topological polar surface area (TPSA) is 49.7 Å². The van der Waals surface area contributed by atoms with Crippen molar-refractivity contribution in [2.75, 3.05) is 0 Å². The van der Waals surface area contributed by atoms with Gasteiger partial charge in [0.05, 0.1) is 0 Å². The summed E-state index contributed by atoms with van der Waals surface area (Å²) in [7, 11) is 0. The van der Waals surface area contributed by atoms with Gasteiger partial charge in [-0.3, -0.25) is 0 Å². The van der Waals surface area contributed by atoms with Crippen LogP contribution in [0.3, 0.4) is 0 Å². The fraction of sp³-hybridized carbons (Fsp3) is 0.444. The molecule has 1 aliphatic rings. The van der Waals surface area contributed by atoms with Crippen molar-refractivity contribution in [1.29, 1.82) is 0 Å². The number of aliphatic hydroxyl groups excluding tert-OH is 1. The molecule has 2 unspecified atom stereocenters. The Kier molecular flexibility index (Phi) is 5.07. The molecule has 2 rings (SSSR count). The number of ether oxygens (including phenoxy) is 1. The Morgan fingerprint density at radius 2 is 2.19 bits per heavy atom. The van der Waals surface area contributed by atoms with Gasteiger partial charge in [-0.05, 0) is 57.7 Å². The number of hydrogen-bond donors (Lipinski definition) is 2. The number of rotatable bonds is 4. The molecule has 0 amide bonds. The lowest BCUT2D eigenvalue weighted by molar-refractivity contribution is 0.0526. The second-order valence-corrected chi connectivity index (χ2v) is 5.79. The SMILES string of the molecule is C/C=C/C(O)C1CCc2cc(O)c(CC=C(C)C)cc2O1. The Hall–Kier alpha value is -1.74. The molecule has 21 heavy (non-hydrogen) atoms. The van der Waals surface area contributed by atoms with Crippen molar-refractivity contribution in [3.8, 4) is 11.5 Å². The monoisotopic (exact) mass is 288 g/mol. The van der Waals surface area contributed by atoms with E-state index in [1.54, 1.807) is 12.1 Å². The highest BCUT2D eigenvalue weighted by Crippen LogP contribution is 2.34. The van der Waals surface area contributed by atoms with Gasteiger partial charge in [-0.25, -0.2) is 0 Å². The van der Waals surface area contributed by atoms with E-state index in [9.17, 15) is 10.2 Å². The minimum atomic E-state index is -0.585. The summed E-state index contributed by atoms with van der Waals surface area (Å²) in [5.74, 6) is 1.10. The molecule has 3 nitrogen and oxygen atoms in total. The lowest BCUT2D eigenvalue weighted by Crippen LogP contribution is -2.33. The van der Waals surface area contributed by atoms with Crippen molar-refractivity contribution < 1.29 is 14.9 Å². The van der Waals surface area contributed by atoms with Crippen molar-refractivity contribution in [2.45, 2.75) is 52.2 Å². The van der Waals surface area contributed by atoms with E-state index in [1.165, 1.54) is 5.57 Å². The van der Waals surface area contributed by atoms with Crippen molar-refractivity contribution >= 4 is 0 Å². The maximum Gasteiger partial charge on any atom is 0.128 e. The molecule has 0 saturated heterocycles. The molecule has 0 spiro atoms. The van der Waals surface area contributed by atoms with Gasteiger partial charge in [0.25, 0.3) is 0 Å². The third-order valence-corrected chi connectivity index (χ3v) is 3.74. The van der Waals surface area contributed by atoms with Crippen LogP contribution < -0.4 is 4.74 Å². The Morgan fingerprint density at radius 3 is 2.86 bits per heavy atom. The first-order valence-corrected chi connectivity index (χ1v) is 7.47. The lowest BCUT2D eigenvalue weighted by atomic mass is 9.96. The Bertz CT molecular complexity index is 554. The summed E-state index contributed by atoms with van der Waals surface area (Å²) < 4.78 is 5.92. The van der Waals surface area contributed by atoms with Gasteiger partial charge < -0.3 is 14.9 Å². The van der Waals surface area contributed by atoms with Crippen molar-refractivity contribution in [3.63, 3.8) is 0 Å². The summed E-state index contributed by atoms with van der Waals surface area (Å²) in [6.45, 7) is 5.96. The summed E-state index contributed by atoms with van der Waals surface area (Å²) in [5, 5.41) is 20.1. The van der Waals surface area contributed by atoms with Crippen molar-refractivity contribution in [3.05, 3.63) is 47.1 Å². The Labute approximate surface area is 126 Å². The van der Waals surface area contributed by atoms with Crippen molar-refractivity contribution in [1.82, 2.24) is 0 Å². The molecule has 0 saturated carbocycles. The zero-order valence-corrected chi connectivity index (χ0v) is 13.0. The molecule has 0 radical (unpaired) electrons. The maximum absolute atomic E-state index is 10.1. The fourth-order valence-electron chi connectivity index (χ4n) is 2.52. The van der Waals surface area contributed by atoms with Gasteiger partial charge in [0, 0.05) is 5.56 Å². The van der Waals surface area contributed by atoms with Crippen LogP contribution in [-0.4, -0.2) is 22.4 Å². The molecular formula is C18H24O3. The molecule has 1 aromatic carbocycles. The second kappa shape index (κ2) is 6.81. The van der Waals surface area contributed by atoms with Crippen LogP contribution in [0.15, 0.2) is 35.9 Å². The summed E-state index contributed by atoms with van der Waals surface area (Å²) in [5.41, 5.74) is 3.09. The standard InChI is InChI=1S/C18H24O3/c1-4-5-15(19)17-9-8-14-10-16(20)13(7-6-12(2)3)11-18(14)21-17/h4-6,10-11,15,17,19-20H,7-9H2,1-3H3/b5-4+. The average molecular weight is 288 g/mol. The number of fused-ring (bicyclic) bond motifs is 1. The predicted molar refractivity (Wildman–Crippen MR) is 84.8 cm³/mol. The molecule has 1 aromatic rings. The van der Waals surface area contributed by atoms with Crippen LogP contribution in [0.5, 0.6) is 11.5 Å². The normalized spacial score (nSPS) is 19.0. The highest BCUT2D eigenvalue weighted by Gasteiger charge is 2.25. The largest absolute Gasteiger partial charge is 0.508 e. The van der Waals surface area contributed by atoms with Crippen LogP contribution in [-0.2, 0) is 12.8 Å². The Morgan fingerprint density at radius 1 is 1.43 bits per heavy atom. The minimum Gasteiger partial charge on any atom is -0.508 e. The van der Waals surface area contributed by atoms with Gasteiger partial charge in [0.15, 0.2) is 0 Å². The van der Waals surface area contributed by atoms with Gasteiger partial charge in [0.2, 0.25) is 0 Å². The van der Waals surface area contributed by atoms with Crippen LogP contribution in [0.1, 0.15) is 38.3 Å². The highest BCUT2D eigenvalue weighted by atomic mass is 16.5. The van der Waals surface area contributed by atoms with E-state index in [4.69, 9.17) is 4.74 Å². The molecule has 0 bridgehead atoms. The zero-order valence-electron chi connectivity index (χ0n) is 13.0. The number of phenols is 1. The molecule has 0 aliphatic carbocycles. The van der Waals surface area contributed by atoms with E-state index in [-0.39, 0.29) is 6.10 Å². The van der Waals surface area contributed by atoms with E-state index < -0.39 is 6.10 Å². The van der Waals surface area contributed by atoms with Gasteiger partial charge in [-0.2, -0.15) is 0 Å². The van der Waals surface area contributed by atoms with Crippen molar-refractivity contribution in [2.24, 2.45) is 0 Å². The average Bonchev–Trinajstić information content (AvgIpc) is 2.44. The third-order valence-electron chi connectivity index (χ3n) is 3.74. The molecule has 1 heterocycles. The quantitative estimate of drug-likeness (QED) is 0.833. The van der Waals surface area contributed by atoms with Crippen LogP contribution in [0, 0.1) is 0 Å². The molecule has 0 fully saturated rings. The first kappa shape index (κ1) is 15.6. The van der Waals surface area contributed by atoms with Crippen LogP contribution in [0.2, 0.25) is 0 Å². The number of hydrogen-bond acceptors (Lipinski definition) is 3. The molecule has 0 aromatic heterocycles. The Balaban J connectivity index is 2.22. The number of phenolic OH excluding ortho intramolecular Hbond substituents is 1. The number of aromatic hydroxyl groups is 1. The van der Waals surface area contributed by atoms with E-state index in [0.29, 0.717) is 12.2 Å². The summed E-state index contributed by atoms with van der Waals surface area (Å²) in [6, 6.07) is 3.69. The number of benzene rings is 1. The number of aryl methyl sites for hydroxylation is 1. The van der Waals surface area contributed by atoms with Gasteiger partial charge >= 0.3 is 0 Å². The molecule has 2 N–H and O–H groups in total. The van der Waals surface area contributed by atoms with E-state index in [1.807, 2.05) is 32.9 Å². The van der Waals surface area contributed by atoms with Crippen LogP contribution in [0.4, 0.5) is 0 Å². The van der Waals surface area contributed by atoms with E-state index in [0.717, 1.165) is 29.7 Å². The summed E-state index contributed by atoms with van der Waals surface area (Å²) >= 11 is 0. The molecule has 2 atom stereocenters. The third kappa shape index (κ3) is 3.88. The van der Waals surface area contributed by atoms with Crippen LogP contribution in [0.25, 0.3) is 0 Å². The first-order valence-electron chi connectivity index (χ1n) is 7.47. The molecular weight excluding hydrogens is 264 g/mol. The number of aliphatic hydroxyl groups is 1. The highest BCUT2D eigenvalue weighted by molar-refractivity contribution is 5.47. The fourth-order valence-corrected chi connectivity index (χ4v) is 2.52. The lowest BCUT2D eigenvalue weighted by Gasteiger charge is -2.29. The first-order chi connectivity index (χ1) is 10.0. The predicted octanol–water partition coefficient (Wildman–Crippen LogP) is 3.53. The maximum atomic E-state index is 10.1. The molecule has 1 aliphatic heterocycles. The minimum absolute atomic E-state index is 0.213. The van der Waals surface area contributed by atoms with Crippen LogP contribution >= 0.6 is 0 Å². The van der Waals surface area contributed by atoms with E-state index >= 15 is 0 Å². The summed E-state index contributed by atoms with van der Waals surface area (Å²) in [6.07, 6.45) is 7.12. The smallest absolute Gasteiger partial charge is 0.128 e. The molecule has 114 valence electrons. The number of allylic oxidation sites excluding steroid dienone is 3. The zero-order chi connectivity index (χ0) is 15.4. The van der Waals surface area contributed by atoms with Gasteiger partial charge in [-0.1, -0.05) is 23.8 Å². The molecule has 3 heteroatoms. The van der Waals surface area contributed by atoms with E-state index in [2.05, 4.69) is 6.08 Å². The second-order valence-electron chi connectivity index (χ2n) is 5.79.